The molecular weight excluding hydrogens is 231 g/mol. The molecule has 1 amide bonds. The summed E-state index contributed by atoms with van der Waals surface area (Å²) >= 11 is 0. The van der Waals surface area contributed by atoms with Crippen molar-refractivity contribution in [3.63, 3.8) is 0 Å². The van der Waals surface area contributed by atoms with Gasteiger partial charge in [0.2, 0.25) is 5.91 Å². The Morgan fingerprint density at radius 2 is 2.12 bits per heavy atom. The van der Waals surface area contributed by atoms with Crippen molar-refractivity contribution in [3.05, 3.63) is 29.6 Å². The normalized spacial score (nSPS) is 16.2. The molecule has 3 N–H and O–H groups in total. The number of amides is 1. The summed E-state index contributed by atoms with van der Waals surface area (Å²) in [4.78, 5) is 11.6. The van der Waals surface area contributed by atoms with Crippen molar-refractivity contribution >= 4 is 24.0 Å². The summed E-state index contributed by atoms with van der Waals surface area (Å²) in [6, 6.07) is 4.46. The minimum Gasteiger partial charge on any atom is -0.324 e. The molecule has 5 heteroatoms. The van der Waals surface area contributed by atoms with Crippen LogP contribution in [0, 0.1) is 12.7 Å². The van der Waals surface area contributed by atoms with E-state index in [1.807, 2.05) is 0 Å². The van der Waals surface area contributed by atoms with E-state index in [0.717, 1.165) is 12.8 Å². The first-order chi connectivity index (χ1) is 7.01. The van der Waals surface area contributed by atoms with Crippen molar-refractivity contribution in [3.8, 4) is 0 Å². The Labute approximate surface area is 99.6 Å². The fourth-order valence-electron chi connectivity index (χ4n) is 1.34. The average molecular weight is 245 g/mol. The lowest BCUT2D eigenvalue weighted by molar-refractivity contribution is -0.118. The topological polar surface area (TPSA) is 55.1 Å². The number of nitrogens with one attached hydrogen (secondary N) is 1. The van der Waals surface area contributed by atoms with Crippen LogP contribution in [0.1, 0.15) is 18.4 Å². The first kappa shape index (κ1) is 12.9. The molecule has 1 aromatic rings. The van der Waals surface area contributed by atoms with Crippen molar-refractivity contribution in [2.75, 3.05) is 5.32 Å². The molecule has 0 saturated heterocycles. The average Bonchev–Trinajstić information content (AvgIpc) is 2.92. The van der Waals surface area contributed by atoms with E-state index in [2.05, 4.69) is 5.32 Å². The SMILES string of the molecule is Cc1cc(NC(=O)C2(N)CC2)ccc1F.Cl. The quantitative estimate of drug-likeness (QED) is 0.836. The van der Waals surface area contributed by atoms with Crippen LogP contribution in [0.25, 0.3) is 0 Å². The maximum atomic E-state index is 12.9. The third kappa shape index (κ3) is 2.51. The predicted octanol–water partition coefficient (Wildman–Crippen LogP) is 1.99. The maximum absolute atomic E-state index is 12.9. The first-order valence-electron chi connectivity index (χ1n) is 4.88. The molecule has 0 aromatic heterocycles. The van der Waals surface area contributed by atoms with Gasteiger partial charge in [0.05, 0.1) is 5.54 Å². The van der Waals surface area contributed by atoms with Crippen LogP contribution in [0.3, 0.4) is 0 Å². The third-order valence-electron chi connectivity index (χ3n) is 2.66. The number of hydrogen-bond acceptors (Lipinski definition) is 2. The summed E-state index contributed by atoms with van der Waals surface area (Å²) in [5.41, 5.74) is 6.13. The fourth-order valence-corrected chi connectivity index (χ4v) is 1.34. The molecule has 16 heavy (non-hydrogen) atoms. The molecule has 1 fully saturated rings. The van der Waals surface area contributed by atoms with Gasteiger partial charge in [0.15, 0.2) is 0 Å². The number of carbonyl (C=O) groups is 1. The van der Waals surface area contributed by atoms with E-state index >= 15 is 0 Å². The molecule has 0 bridgehead atoms. The molecule has 0 radical (unpaired) electrons. The Kier molecular flexibility index (Phi) is 3.55. The molecule has 0 atom stereocenters. The highest BCUT2D eigenvalue weighted by Crippen LogP contribution is 2.33. The van der Waals surface area contributed by atoms with Gasteiger partial charge in [-0.25, -0.2) is 4.39 Å². The second-order valence-corrected chi connectivity index (χ2v) is 4.07. The largest absolute Gasteiger partial charge is 0.324 e. The number of anilines is 1. The Hall–Kier alpha value is -1.13. The summed E-state index contributed by atoms with van der Waals surface area (Å²) < 4.78 is 12.9. The van der Waals surface area contributed by atoms with E-state index < -0.39 is 5.54 Å². The zero-order valence-electron chi connectivity index (χ0n) is 8.92. The molecule has 0 aliphatic heterocycles. The monoisotopic (exact) mass is 244 g/mol. The van der Waals surface area contributed by atoms with Gasteiger partial charge >= 0.3 is 0 Å². The van der Waals surface area contributed by atoms with Gasteiger partial charge in [-0.05, 0) is 43.5 Å². The standard InChI is InChI=1S/C11H13FN2O.ClH/c1-7-6-8(2-3-9(7)12)14-10(15)11(13)4-5-11;/h2-3,6H,4-5,13H2,1H3,(H,14,15);1H. The Bertz CT molecular complexity index is 418. The smallest absolute Gasteiger partial charge is 0.244 e. The van der Waals surface area contributed by atoms with Crippen molar-refractivity contribution in [1.82, 2.24) is 0 Å². The van der Waals surface area contributed by atoms with E-state index in [9.17, 15) is 9.18 Å². The Morgan fingerprint density at radius 3 is 2.62 bits per heavy atom. The highest BCUT2D eigenvalue weighted by Gasteiger charge is 2.45. The lowest BCUT2D eigenvalue weighted by Crippen LogP contribution is -2.37. The van der Waals surface area contributed by atoms with E-state index in [0.29, 0.717) is 11.3 Å². The molecule has 2 rings (SSSR count). The number of carbonyl (C=O) groups excluding carboxylic acids is 1. The van der Waals surface area contributed by atoms with Gasteiger partial charge in [-0.3, -0.25) is 4.79 Å². The summed E-state index contributed by atoms with van der Waals surface area (Å²) in [6.07, 6.45) is 1.44. The molecule has 0 unspecified atom stereocenters. The van der Waals surface area contributed by atoms with Crippen LogP contribution >= 0.6 is 12.4 Å². The Morgan fingerprint density at radius 1 is 1.50 bits per heavy atom. The summed E-state index contributed by atoms with van der Waals surface area (Å²) in [7, 11) is 0. The summed E-state index contributed by atoms with van der Waals surface area (Å²) in [5, 5.41) is 2.68. The Balaban J connectivity index is 0.00000128. The number of halogens is 2. The van der Waals surface area contributed by atoms with E-state index in [1.165, 1.54) is 12.1 Å². The van der Waals surface area contributed by atoms with Crippen LogP contribution in [-0.4, -0.2) is 11.4 Å². The van der Waals surface area contributed by atoms with Gasteiger partial charge in [-0.1, -0.05) is 0 Å². The minimum atomic E-state index is -0.692. The van der Waals surface area contributed by atoms with Gasteiger partial charge in [-0.15, -0.1) is 12.4 Å². The number of hydrogen-bond donors (Lipinski definition) is 2. The van der Waals surface area contributed by atoms with Crippen LogP contribution < -0.4 is 11.1 Å². The van der Waals surface area contributed by atoms with Gasteiger partial charge in [0.25, 0.3) is 0 Å². The number of benzene rings is 1. The molecular formula is C11H14ClFN2O. The van der Waals surface area contributed by atoms with Gasteiger partial charge in [0, 0.05) is 5.69 Å². The van der Waals surface area contributed by atoms with Crippen molar-refractivity contribution in [2.45, 2.75) is 25.3 Å². The third-order valence-corrected chi connectivity index (χ3v) is 2.66. The van der Waals surface area contributed by atoms with E-state index in [-0.39, 0.29) is 24.1 Å². The minimum absolute atomic E-state index is 0. The maximum Gasteiger partial charge on any atom is 0.244 e. The number of aryl methyl sites for hydroxylation is 1. The highest BCUT2D eigenvalue weighted by atomic mass is 35.5. The van der Waals surface area contributed by atoms with Crippen LogP contribution in [0.5, 0.6) is 0 Å². The van der Waals surface area contributed by atoms with Crippen LogP contribution in [-0.2, 0) is 4.79 Å². The van der Waals surface area contributed by atoms with Crippen LogP contribution in [0.2, 0.25) is 0 Å². The van der Waals surface area contributed by atoms with Crippen LogP contribution in [0.15, 0.2) is 18.2 Å². The van der Waals surface area contributed by atoms with Gasteiger partial charge < -0.3 is 11.1 Å². The van der Waals surface area contributed by atoms with E-state index in [4.69, 9.17) is 5.73 Å². The summed E-state index contributed by atoms with van der Waals surface area (Å²) in [5.74, 6) is -0.463. The van der Waals surface area contributed by atoms with Gasteiger partial charge in [-0.2, -0.15) is 0 Å². The number of nitrogens with two attached hydrogens (primary N) is 1. The fraction of sp³-hybridized carbons (Fsp3) is 0.364. The second-order valence-electron chi connectivity index (χ2n) is 4.07. The zero-order chi connectivity index (χ0) is 11.1. The van der Waals surface area contributed by atoms with Crippen LogP contribution in [0.4, 0.5) is 10.1 Å². The van der Waals surface area contributed by atoms with Crippen molar-refractivity contribution in [2.24, 2.45) is 5.73 Å². The number of rotatable bonds is 2. The molecule has 1 aliphatic rings. The van der Waals surface area contributed by atoms with Gasteiger partial charge in [0.1, 0.15) is 5.82 Å². The molecule has 3 nitrogen and oxygen atoms in total. The predicted molar refractivity (Wildman–Crippen MR) is 63.2 cm³/mol. The second kappa shape index (κ2) is 4.39. The molecule has 1 aromatic carbocycles. The van der Waals surface area contributed by atoms with E-state index in [1.54, 1.807) is 13.0 Å². The molecule has 1 saturated carbocycles. The lowest BCUT2D eigenvalue weighted by Gasteiger charge is -2.10. The first-order valence-corrected chi connectivity index (χ1v) is 4.88. The molecule has 0 heterocycles. The molecule has 0 spiro atoms. The molecule has 88 valence electrons. The lowest BCUT2D eigenvalue weighted by atomic mass is 10.2. The van der Waals surface area contributed by atoms with Crippen molar-refractivity contribution < 1.29 is 9.18 Å². The van der Waals surface area contributed by atoms with Crippen molar-refractivity contribution in [1.29, 1.82) is 0 Å². The highest BCUT2D eigenvalue weighted by molar-refractivity contribution is 6.00. The molecule has 1 aliphatic carbocycles. The zero-order valence-corrected chi connectivity index (χ0v) is 9.73. The summed E-state index contributed by atoms with van der Waals surface area (Å²) in [6.45, 7) is 1.65.